The van der Waals surface area contributed by atoms with Gasteiger partial charge in [-0.1, -0.05) is 62.1 Å². The van der Waals surface area contributed by atoms with Crippen LogP contribution < -0.4 is 14.8 Å². The molecule has 47 heavy (non-hydrogen) atoms. The van der Waals surface area contributed by atoms with Crippen molar-refractivity contribution in [2.24, 2.45) is 5.92 Å². The molecule has 5 rings (SSSR count). The predicted octanol–water partition coefficient (Wildman–Crippen LogP) is 7.57. The second-order valence-corrected chi connectivity index (χ2v) is 12.7. The van der Waals surface area contributed by atoms with Crippen molar-refractivity contribution < 1.29 is 33.3 Å². The second kappa shape index (κ2) is 17.0. The molecular weight excluding hydrogens is 594 g/mol. The first kappa shape index (κ1) is 34.0. The van der Waals surface area contributed by atoms with E-state index in [1.54, 1.807) is 12.1 Å². The number of nitrogens with one attached hydrogen (secondary N) is 1. The Hall–Kier alpha value is -4.33. The quantitative estimate of drug-likeness (QED) is 0.152. The van der Waals surface area contributed by atoms with E-state index in [9.17, 15) is 14.4 Å². The zero-order chi connectivity index (χ0) is 33.0. The number of hydrogen-bond acceptors (Lipinski definition) is 7. The summed E-state index contributed by atoms with van der Waals surface area (Å²) in [4.78, 5) is 37.7. The first-order valence-corrected chi connectivity index (χ1v) is 17.0. The van der Waals surface area contributed by atoms with Crippen LogP contribution in [0.1, 0.15) is 108 Å². The average Bonchev–Trinajstić information content (AvgIpc) is 3.13. The molecule has 2 atom stereocenters. The highest BCUT2D eigenvalue weighted by molar-refractivity contribution is 6.00. The Labute approximate surface area is 278 Å². The minimum absolute atomic E-state index is 0.172. The lowest BCUT2D eigenvalue weighted by atomic mass is 9.84. The fourth-order valence-corrected chi connectivity index (χ4v) is 6.74. The standard InChI is InChI=1S/C39H47NO7/c1-44-38(42)31-11-6-12-33(24-31)40-37(41)35-25-32(39(43)45-2)19-22-36(35)46-23-7-8-27-15-20-34(21-16-27)47-26-28-13-17-30(18-14-28)29-9-4-3-5-10-29/h13-22,25,29,31,33H,3-12,23-24,26H2,1-2H3,(H,40,41). The summed E-state index contributed by atoms with van der Waals surface area (Å²) in [5.41, 5.74) is 4.31. The smallest absolute Gasteiger partial charge is 0.337 e. The molecule has 0 bridgehead atoms. The normalized spacial score (nSPS) is 18.2. The lowest BCUT2D eigenvalue weighted by Crippen LogP contribution is -2.40. The number of ether oxygens (including phenoxy) is 4. The average molecular weight is 642 g/mol. The number of carbonyl (C=O) groups is 3. The molecule has 0 radical (unpaired) electrons. The van der Waals surface area contributed by atoms with Gasteiger partial charge in [0.25, 0.3) is 5.91 Å². The van der Waals surface area contributed by atoms with Gasteiger partial charge in [-0.3, -0.25) is 9.59 Å². The van der Waals surface area contributed by atoms with Crippen molar-refractivity contribution in [1.29, 1.82) is 0 Å². The van der Waals surface area contributed by atoms with Gasteiger partial charge in [0.2, 0.25) is 0 Å². The van der Waals surface area contributed by atoms with E-state index in [4.69, 9.17) is 18.9 Å². The van der Waals surface area contributed by atoms with Crippen molar-refractivity contribution in [2.45, 2.75) is 89.2 Å². The summed E-state index contributed by atoms with van der Waals surface area (Å²) in [6.07, 6.45) is 11.0. The number of amides is 1. The molecule has 0 aliphatic heterocycles. The largest absolute Gasteiger partial charge is 0.493 e. The SMILES string of the molecule is COC(=O)c1ccc(OCCCc2ccc(OCc3ccc(C4CCCCC4)cc3)cc2)c(C(=O)NC2CCCC(C(=O)OC)C2)c1. The minimum Gasteiger partial charge on any atom is -0.493 e. The summed E-state index contributed by atoms with van der Waals surface area (Å²) >= 11 is 0. The molecule has 2 saturated carbocycles. The molecule has 2 unspecified atom stereocenters. The molecule has 2 fully saturated rings. The Morgan fingerprint density at radius 2 is 1.51 bits per heavy atom. The van der Waals surface area contributed by atoms with Gasteiger partial charge in [0.15, 0.2) is 0 Å². The molecule has 2 aliphatic carbocycles. The van der Waals surface area contributed by atoms with Crippen molar-refractivity contribution in [3.05, 3.63) is 94.5 Å². The van der Waals surface area contributed by atoms with Crippen LogP contribution in [0.3, 0.4) is 0 Å². The van der Waals surface area contributed by atoms with Gasteiger partial charge < -0.3 is 24.3 Å². The Kier molecular flexibility index (Phi) is 12.3. The highest BCUT2D eigenvalue weighted by atomic mass is 16.5. The highest BCUT2D eigenvalue weighted by Crippen LogP contribution is 2.33. The summed E-state index contributed by atoms with van der Waals surface area (Å²) in [6.45, 7) is 0.927. The molecule has 3 aromatic rings. The van der Waals surface area contributed by atoms with E-state index in [1.165, 1.54) is 63.5 Å². The molecule has 1 amide bonds. The van der Waals surface area contributed by atoms with Crippen LogP contribution in [0, 0.1) is 5.92 Å². The molecule has 0 saturated heterocycles. The Morgan fingerprint density at radius 3 is 2.23 bits per heavy atom. The molecule has 2 aliphatic rings. The number of methoxy groups -OCH3 is 2. The van der Waals surface area contributed by atoms with Gasteiger partial charge in [0.1, 0.15) is 18.1 Å². The van der Waals surface area contributed by atoms with E-state index < -0.39 is 5.97 Å². The van der Waals surface area contributed by atoms with E-state index in [1.807, 2.05) is 12.1 Å². The molecule has 8 nitrogen and oxygen atoms in total. The van der Waals surface area contributed by atoms with Crippen molar-refractivity contribution in [3.8, 4) is 11.5 Å². The summed E-state index contributed by atoms with van der Waals surface area (Å²) in [5, 5.41) is 3.04. The maximum Gasteiger partial charge on any atom is 0.337 e. The third kappa shape index (κ3) is 9.60. The van der Waals surface area contributed by atoms with E-state index >= 15 is 0 Å². The Balaban J connectivity index is 1.11. The molecular formula is C39H47NO7. The van der Waals surface area contributed by atoms with Gasteiger partial charge in [0.05, 0.1) is 37.9 Å². The van der Waals surface area contributed by atoms with Crippen LogP contribution in [-0.4, -0.2) is 44.7 Å². The zero-order valence-electron chi connectivity index (χ0n) is 27.6. The molecule has 250 valence electrons. The first-order chi connectivity index (χ1) is 22.9. The van der Waals surface area contributed by atoms with Crippen LogP contribution in [0.5, 0.6) is 11.5 Å². The van der Waals surface area contributed by atoms with Gasteiger partial charge in [-0.05, 0) is 97.9 Å². The number of rotatable bonds is 13. The van der Waals surface area contributed by atoms with Gasteiger partial charge in [-0.25, -0.2) is 4.79 Å². The summed E-state index contributed by atoms with van der Waals surface area (Å²) in [5.74, 6) is 0.564. The zero-order valence-corrected chi connectivity index (χ0v) is 27.6. The van der Waals surface area contributed by atoms with Crippen LogP contribution in [0.15, 0.2) is 66.7 Å². The van der Waals surface area contributed by atoms with Crippen molar-refractivity contribution in [1.82, 2.24) is 5.32 Å². The molecule has 8 heteroatoms. The molecule has 0 spiro atoms. The molecule has 0 heterocycles. The number of esters is 2. The van der Waals surface area contributed by atoms with Gasteiger partial charge in [-0.2, -0.15) is 0 Å². The maximum atomic E-state index is 13.4. The van der Waals surface area contributed by atoms with E-state index in [0.29, 0.717) is 31.3 Å². The highest BCUT2D eigenvalue weighted by Gasteiger charge is 2.29. The minimum atomic E-state index is -0.533. The molecule has 3 aromatic carbocycles. The summed E-state index contributed by atoms with van der Waals surface area (Å²) in [6, 6.07) is 21.6. The van der Waals surface area contributed by atoms with E-state index in [2.05, 4.69) is 41.7 Å². The third-order valence-corrected chi connectivity index (χ3v) is 9.44. The molecule has 0 aromatic heterocycles. The van der Waals surface area contributed by atoms with Crippen molar-refractivity contribution >= 4 is 17.8 Å². The van der Waals surface area contributed by atoms with E-state index in [0.717, 1.165) is 43.4 Å². The second-order valence-electron chi connectivity index (χ2n) is 12.7. The monoisotopic (exact) mass is 641 g/mol. The van der Waals surface area contributed by atoms with Crippen LogP contribution in [0.25, 0.3) is 0 Å². The van der Waals surface area contributed by atoms with Gasteiger partial charge in [0, 0.05) is 6.04 Å². The predicted molar refractivity (Wildman–Crippen MR) is 180 cm³/mol. The van der Waals surface area contributed by atoms with Crippen molar-refractivity contribution in [2.75, 3.05) is 20.8 Å². The summed E-state index contributed by atoms with van der Waals surface area (Å²) < 4.78 is 21.9. The van der Waals surface area contributed by atoms with Crippen LogP contribution in [-0.2, 0) is 27.3 Å². The van der Waals surface area contributed by atoms with Crippen LogP contribution >= 0.6 is 0 Å². The fraction of sp³-hybridized carbons (Fsp3) is 0.462. The van der Waals surface area contributed by atoms with Crippen LogP contribution in [0.4, 0.5) is 0 Å². The Morgan fingerprint density at radius 1 is 0.766 bits per heavy atom. The molecule has 1 N–H and O–H groups in total. The number of aryl methyl sites for hydroxylation is 1. The van der Waals surface area contributed by atoms with Crippen molar-refractivity contribution in [3.63, 3.8) is 0 Å². The maximum absolute atomic E-state index is 13.4. The summed E-state index contributed by atoms with van der Waals surface area (Å²) in [7, 11) is 2.68. The van der Waals surface area contributed by atoms with E-state index in [-0.39, 0.29) is 35.0 Å². The van der Waals surface area contributed by atoms with Gasteiger partial charge in [-0.15, -0.1) is 0 Å². The number of hydrogen-bond donors (Lipinski definition) is 1. The first-order valence-electron chi connectivity index (χ1n) is 17.0. The number of carbonyl (C=O) groups excluding carboxylic acids is 3. The lowest BCUT2D eigenvalue weighted by molar-refractivity contribution is -0.146. The fourth-order valence-electron chi connectivity index (χ4n) is 6.74. The third-order valence-electron chi connectivity index (χ3n) is 9.44. The lowest BCUT2D eigenvalue weighted by Gasteiger charge is -2.28. The van der Waals surface area contributed by atoms with Crippen LogP contribution in [0.2, 0.25) is 0 Å². The van der Waals surface area contributed by atoms with Gasteiger partial charge >= 0.3 is 11.9 Å². The topological polar surface area (TPSA) is 100 Å². The Bertz CT molecular complexity index is 1480. The number of benzene rings is 3.